The second-order valence-electron chi connectivity index (χ2n) is 3.08. The Morgan fingerprint density at radius 2 is 2.36 bits per heavy atom. The number of nitrogens with one attached hydrogen (secondary N) is 1. The topological polar surface area (TPSA) is 21.3 Å². The molecule has 2 nitrogen and oxygen atoms in total. The third kappa shape index (κ3) is 2.79. The molecule has 0 unspecified atom stereocenters. The van der Waals surface area contributed by atoms with Gasteiger partial charge in [0.05, 0.1) is 13.7 Å². The molecule has 1 atom stereocenters. The van der Waals surface area contributed by atoms with Crippen LogP contribution in [-0.2, 0) is 0 Å². The molecular weight excluding hydrogens is 174 g/mol. The molecule has 1 rings (SSSR count). The summed E-state index contributed by atoms with van der Waals surface area (Å²) in [4.78, 5) is 0. The molecule has 0 bridgehead atoms. The zero-order valence-electron chi connectivity index (χ0n) is 8.58. The monoisotopic (exact) mass is 189 g/mol. The van der Waals surface area contributed by atoms with Gasteiger partial charge in [-0.2, -0.15) is 0 Å². The lowest BCUT2D eigenvalue weighted by Gasteiger charge is -2.12. The van der Waals surface area contributed by atoms with E-state index in [4.69, 9.17) is 11.2 Å². The molecule has 0 aliphatic rings. The molecule has 1 N–H and O–H groups in total. The van der Waals surface area contributed by atoms with Crippen LogP contribution >= 0.6 is 0 Å². The second-order valence-corrected chi connectivity index (χ2v) is 3.08. The van der Waals surface area contributed by atoms with E-state index in [1.54, 1.807) is 7.11 Å². The molecule has 0 amide bonds. The Labute approximate surface area is 85.3 Å². The van der Waals surface area contributed by atoms with Crippen molar-refractivity contribution in [3.05, 3.63) is 29.8 Å². The van der Waals surface area contributed by atoms with Gasteiger partial charge in [0.25, 0.3) is 0 Å². The first kappa shape index (κ1) is 10.6. The van der Waals surface area contributed by atoms with Crippen molar-refractivity contribution >= 4 is 0 Å². The summed E-state index contributed by atoms with van der Waals surface area (Å²) in [6, 6.07) is 8.21. The van der Waals surface area contributed by atoms with Gasteiger partial charge in [-0.05, 0) is 24.6 Å². The summed E-state index contributed by atoms with van der Waals surface area (Å²) >= 11 is 0. The summed E-state index contributed by atoms with van der Waals surface area (Å²) in [5.41, 5.74) is 1.18. The molecule has 74 valence electrons. The highest BCUT2D eigenvalue weighted by Crippen LogP contribution is 2.18. The Morgan fingerprint density at radius 3 is 3.00 bits per heavy atom. The molecule has 0 saturated heterocycles. The van der Waals surface area contributed by atoms with Crippen LogP contribution in [0.5, 0.6) is 5.75 Å². The minimum atomic E-state index is 0.251. The molecule has 14 heavy (non-hydrogen) atoms. The molecule has 0 aromatic heterocycles. The summed E-state index contributed by atoms with van der Waals surface area (Å²) in [5, 5.41) is 3.21. The average molecular weight is 189 g/mol. The smallest absolute Gasteiger partial charge is 0.119 e. The molecule has 1 aromatic carbocycles. The quantitative estimate of drug-likeness (QED) is 0.731. The predicted octanol–water partition coefficient (Wildman–Crippen LogP) is 1.98. The number of terminal acetylenes is 1. The van der Waals surface area contributed by atoms with Crippen molar-refractivity contribution in [3.63, 3.8) is 0 Å². The van der Waals surface area contributed by atoms with Gasteiger partial charge < -0.3 is 4.74 Å². The zero-order chi connectivity index (χ0) is 10.4. The molecule has 0 saturated carbocycles. The molecule has 0 fully saturated rings. The number of ether oxygens (including phenoxy) is 1. The molecule has 0 heterocycles. The molecule has 1 aromatic rings. The van der Waals surface area contributed by atoms with E-state index >= 15 is 0 Å². The molecule has 0 radical (unpaired) electrons. The molecule has 0 spiro atoms. The van der Waals surface area contributed by atoms with Crippen LogP contribution in [0.1, 0.15) is 18.5 Å². The van der Waals surface area contributed by atoms with E-state index in [1.165, 1.54) is 5.56 Å². The van der Waals surface area contributed by atoms with E-state index in [9.17, 15) is 0 Å². The van der Waals surface area contributed by atoms with Crippen LogP contribution in [-0.4, -0.2) is 13.7 Å². The standard InChI is InChI=1S/C12H15NO/c1-4-8-13-10(2)11-6-5-7-12(9-11)14-3/h1,5-7,9-10,13H,8H2,2-3H3/t10-/m0/s1. The van der Waals surface area contributed by atoms with E-state index in [0.717, 1.165) is 5.75 Å². The van der Waals surface area contributed by atoms with Crippen LogP contribution < -0.4 is 10.1 Å². The van der Waals surface area contributed by atoms with Crippen molar-refractivity contribution in [2.75, 3.05) is 13.7 Å². The van der Waals surface area contributed by atoms with Crippen LogP contribution in [0.25, 0.3) is 0 Å². The summed E-state index contributed by atoms with van der Waals surface area (Å²) in [6.45, 7) is 2.66. The molecule has 0 aliphatic heterocycles. The average Bonchev–Trinajstić information content (AvgIpc) is 2.26. The van der Waals surface area contributed by atoms with Crippen LogP contribution in [0.4, 0.5) is 0 Å². The van der Waals surface area contributed by atoms with Gasteiger partial charge >= 0.3 is 0 Å². The maximum absolute atomic E-state index is 5.17. The summed E-state index contributed by atoms with van der Waals surface area (Å²) in [5.74, 6) is 3.43. The number of rotatable bonds is 4. The van der Waals surface area contributed by atoms with Gasteiger partial charge in [-0.15, -0.1) is 6.42 Å². The van der Waals surface area contributed by atoms with Crippen molar-refractivity contribution in [2.24, 2.45) is 0 Å². The van der Waals surface area contributed by atoms with Crippen LogP contribution in [0.15, 0.2) is 24.3 Å². The van der Waals surface area contributed by atoms with Crippen molar-refractivity contribution in [3.8, 4) is 18.1 Å². The Hall–Kier alpha value is -1.46. The normalized spacial score (nSPS) is 11.8. The second kappa shape index (κ2) is 5.31. The van der Waals surface area contributed by atoms with E-state index in [1.807, 2.05) is 18.2 Å². The maximum Gasteiger partial charge on any atom is 0.119 e. The van der Waals surface area contributed by atoms with Crippen molar-refractivity contribution in [1.82, 2.24) is 5.32 Å². The first-order chi connectivity index (χ1) is 6.77. The maximum atomic E-state index is 5.17. The van der Waals surface area contributed by atoms with Gasteiger partial charge in [0.1, 0.15) is 5.75 Å². The largest absolute Gasteiger partial charge is 0.497 e. The Balaban J connectivity index is 2.70. The highest BCUT2D eigenvalue weighted by molar-refractivity contribution is 5.30. The Bertz CT molecular complexity index is 327. The predicted molar refractivity (Wildman–Crippen MR) is 58.2 cm³/mol. The number of hydrogen-bond acceptors (Lipinski definition) is 2. The van der Waals surface area contributed by atoms with Gasteiger partial charge in [-0.1, -0.05) is 18.1 Å². The summed E-state index contributed by atoms with van der Waals surface area (Å²) in [7, 11) is 1.67. The lowest BCUT2D eigenvalue weighted by atomic mass is 10.1. The lowest BCUT2D eigenvalue weighted by molar-refractivity contribution is 0.413. The van der Waals surface area contributed by atoms with E-state index in [2.05, 4.69) is 24.2 Å². The first-order valence-corrected chi connectivity index (χ1v) is 4.58. The van der Waals surface area contributed by atoms with Gasteiger partial charge in [0.15, 0.2) is 0 Å². The zero-order valence-corrected chi connectivity index (χ0v) is 8.58. The van der Waals surface area contributed by atoms with Crippen molar-refractivity contribution in [1.29, 1.82) is 0 Å². The van der Waals surface area contributed by atoms with Crippen molar-refractivity contribution in [2.45, 2.75) is 13.0 Å². The molecule has 2 heteroatoms. The van der Waals surface area contributed by atoms with Crippen LogP contribution in [0.2, 0.25) is 0 Å². The third-order valence-electron chi connectivity index (χ3n) is 2.10. The van der Waals surface area contributed by atoms with Gasteiger partial charge in [0.2, 0.25) is 0 Å². The van der Waals surface area contributed by atoms with Gasteiger partial charge in [-0.25, -0.2) is 0 Å². The van der Waals surface area contributed by atoms with E-state index in [-0.39, 0.29) is 6.04 Å². The minimum absolute atomic E-state index is 0.251. The van der Waals surface area contributed by atoms with Crippen molar-refractivity contribution < 1.29 is 4.74 Å². The Kier molecular flexibility index (Phi) is 4.03. The molecule has 0 aliphatic carbocycles. The molecular formula is C12H15NO. The highest BCUT2D eigenvalue weighted by Gasteiger charge is 2.03. The number of benzene rings is 1. The first-order valence-electron chi connectivity index (χ1n) is 4.58. The number of hydrogen-bond donors (Lipinski definition) is 1. The highest BCUT2D eigenvalue weighted by atomic mass is 16.5. The van der Waals surface area contributed by atoms with E-state index in [0.29, 0.717) is 6.54 Å². The van der Waals surface area contributed by atoms with E-state index < -0.39 is 0 Å². The van der Waals surface area contributed by atoms with Crippen LogP contribution in [0, 0.1) is 12.3 Å². The SMILES string of the molecule is C#CCN[C@@H](C)c1cccc(OC)c1. The van der Waals surface area contributed by atoms with Gasteiger partial charge in [-0.3, -0.25) is 5.32 Å². The summed E-state index contributed by atoms with van der Waals surface area (Å²) < 4.78 is 5.14. The summed E-state index contributed by atoms with van der Waals surface area (Å²) in [6.07, 6.45) is 5.17. The fourth-order valence-corrected chi connectivity index (χ4v) is 1.24. The third-order valence-corrected chi connectivity index (χ3v) is 2.10. The number of methoxy groups -OCH3 is 1. The fourth-order valence-electron chi connectivity index (χ4n) is 1.24. The Morgan fingerprint density at radius 1 is 1.57 bits per heavy atom. The lowest BCUT2D eigenvalue weighted by Crippen LogP contribution is -2.18. The minimum Gasteiger partial charge on any atom is -0.497 e. The fraction of sp³-hybridized carbons (Fsp3) is 0.333. The van der Waals surface area contributed by atoms with Crippen LogP contribution in [0.3, 0.4) is 0 Å². The van der Waals surface area contributed by atoms with Gasteiger partial charge in [0, 0.05) is 6.04 Å².